The topological polar surface area (TPSA) is 75.3 Å². The summed E-state index contributed by atoms with van der Waals surface area (Å²) in [6.07, 6.45) is 0. The number of amides is 1. The molecule has 0 atom stereocenters. The third-order valence-corrected chi connectivity index (χ3v) is 2.87. The van der Waals surface area contributed by atoms with E-state index in [-0.39, 0.29) is 5.75 Å². The molecule has 88 valence electrons. The molecule has 4 nitrogen and oxygen atoms in total. The fourth-order valence-electron chi connectivity index (χ4n) is 1.10. The zero-order valence-corrected chi connectivity index (χ0v) is 10.8. The molecule has 0 heterocycles. The van der Waals surface area contributed by atoms with Crippen LogP contribution in [0.15, 0.2) is 22.7 Å². The van der Waals surface area contributed by atoms with E-state index < -0.39 is 11.4 Å². The number of benzene rings is 1. The van der Waals surface area contributed by atoms with Crippen molar-refractivity contribution in [1.29, 1.82) is 0 Å². The van der Waals surface area contributed by atoms with Gasteiger partial charge < -0.3 is 10.8 Å². The summed E-state index contributed by atoms with van der Waals surface area (Å²) in [4.78, 5) is 11.1. The molecule has 0 unspecified atom stereocenters. The second-order valence-electron chi connectivity index (χ2n) is 4.12. The number of rotatable bonds is 4. The molecule has 1 aromatic carbocycles. The van der Waals surface area contributed by atoms with Crippen LogP contribution >= 0.6 is 15.9 Å². The van der Waals surface area contributed by atoms with Crippen molar-refractivity contribution >= 4 is 21.8 Å². The Morgan fingerprint density at radius 2 is 2.19 bits per heavy atom. The molecule has 4 N–H and O–H groups in total. The number of carbonyl (C=O) groups excluding carboxylic acids is 1. The molecule has 0 saturated carbocycles. The van der Waals surface area contributed by atoms with Crippen LogP contribution in [0, 0.1) is 0 Å². The molecule has 0 aromatic heterocycles. The molecule has 0 saturated heterocycles. The summed E-state index contributed by atoms with van der Waals surface area (Å²) in [6.45, 7) is 3.77. The van der Waals surface area contributed by atoms with Gasteiger partial charge in [-0.15, -0.1) is 0 Å². The maximum atomic E-state index is 11.1. The number of nitrogens with one attached hydrogen (secondary N) is 1. The third kappa shape index (κ3) is 3.21. The average Bonchev–Trinajstić information content (AvgIpc) is 2.19. The monoisotopic (exact) mass is 286 g/mol. The first-order valence-electron chi connectivity index (χ1n) is 4.85. The lowest BCUT2D eigenvalue weighted by Crippen LogP contribution is -2.50. The molecule has 0 aliphatic carbocycles. The Bertz CT molecular complexity index is 405. The quantitative estimate of drug-likeness (QED) is 0.785. The van der Waals surface area contributed by atoms with E-state index in [1.165, 1.54) is 0 Å². The van der Waals surface area contributed by atoms with Gasteiger partial charge in [0.05, 0.1) is 5.54 Å². The van der Waals surface area contributed by atoms with E-state index in [9.17, 15) is 9.90 Å². The van der Waals surface area contributed by atoms with Gasteiger partial charge >= 0.3 is 0 Å². The van der Waals surface area contributed by atoms with Crippen LogP contribution in [0.3, 0.4) is 0 Å². The van der Waals surface area contributed by atoms with Crippen LogP contribution in [0.4, 0.5) is 0 Å². The van der Waals surface area contributed by atoms with Crippen LogP contribution in [0.1, 0.15) is 19.4 Å². The van der Waals surface area contributed by atoms with E-state index >= 15 is 0 Å². The molecule has 0 bridgehead atoms. The lowest BCUT2D eigenvalue weighted by atomic mass is 10.0. The van der Waals surface area contributed by atoms with Crippen molar-refractivity contribution in [2.24, 2.45) is 5.73 Å². The fraction of sp³-hybridized carbons (Fsp3) is 0.364. The third-order valence-electron chi connectivity index (χ3n) is 2.38. The largest absolute Gasteiger partial charge is 0.508 e. The molecule has 16 heavy (non-hydrogen) atoms. The van der Waals surface area contributed by atoms with Crippen LogP contribution < -0.4 is 11.1 Å². The van der Waals surface area contributed by atoms with Crippen molar-refractivity contribution in [3.8, 4) is 5.75 Å². The number of phenolic OH excluding ortho intramolecular Hbond substituents is 1. The Labute approximate surface area is 103 Å². The van der Waals surface area contributed by atoms with Gasteiger partial charge in [0, 0.05) is 16.6 Å². The summed E-state index contributed by atoms with van der Waals surface area (Å²) < 4.78 is 0.874. The van der Waals surface area contributed by atoms with Gasteiger partial charge in [0.1, 0.15) is 5.75 Å². The fourth-order valence-corrected chi connectivity index (χ4v) is 1.51. The van der Waals surface area contributed by atoms with Gasteiger partial charge in [0.25, 0.3) is 0 Å². The maximum Gasteiger partial charge on any atom is 0.237 e. The van der Waals surface area contributed by atoms with Crippen molar-refractivity contribution in [3.05, 3.63) is 28.2 Å². The molecule has 1 amide bonds. The van der Waals surface area contributed by atoms with Gasteiger partial charge in [-0.2, -0.15) is 0 Å². The van der Waals surface area contributed by atoms with Crippen molar-refractivity contribution in [3.63, 3.8) is 0 Å². The summed E-state index contributed by atoms with van der Waals surface area (Å²) in [7, 11) is 0. The Morgan fingerprint density at radius 3 is 2.75 bits per heavy atom. The first-order valence-corrected chi connectivity index (χ1v) is 5.64. The van der Waals surface area contributed by atoms with Gasteiger partial charge in [-0.05, 0) is 32.0 Å². The molecule has 0 aliphatic rings. The van der Waals surface area contributed by atoms with Crippen LogP contribution in [0.5, 0.6) is 5.75 Å². The number of hydrogen-bond donors (Lipinski definition) is 3. The summed E-state index contributed by atoms with van der Waals surface area (Å²) in [5.74, 6) is -0.238. The standard InChI is InChI=1S/C11H15BrN2O2/c1-11(2,10(13)16)14-6-7-5-8(12)3-4-9(7)15/h3-5,14-15H,6H2,1-2H3,(H2,13,16). The van der Waals surface area contributed by atoms with Gasteiger partial charge in [0.2, 0.25) is 5.91 Å². The van der Waals surface area contributed by atoms with Crippen LogP contribution in [-0.2, 0) is 11.3 Å². The molecule has 0 radical (unpaired) electrons. The Kier molecular flexibility index (Phi) is 3.93. The summed E-state index contributed by atoms with van der Waals surface area (Å²) in [5, 5.41) is 12.6. The molecular formula is C11H15BrN2O2. The second kappa shape index (κ2) is 4.84. The second-order valence-corrected chi connectivity index (χ2v) is 5.03. The number of phenols is 1. The van der Waals surface area contributed by atoms with E-state index in [0.29, 0.717) is 12.1 Å². The highest BCUT2D eigenvalue weighted by Crippen LogP contribution is 2.22. The number of carbonyl (C=O) groups is 1. The van der Waals surface area contributed by atoms with E-state index in [0.717, 1.165) is 4.47 Å². The lowest BCUT2D eigenvalue weighted by molar-refractivity contribution is -0.123. The normalized spacial score (nSPS) is 11.4. The Balaban J connectivity index is 2.75. The smallest absolute Gasteiger partial charge is 0.237 e. The molecule has 1 rings (SSSR count). The zero-order chi connectivity index (χ0) is 12.3. The number of aromatic hydroxyl groups is 1. The van der Waals surface area contributed by atoms with Crippen molar-refractivity contribution in [2.75, 3.05) is 0 Å². The van der Waals surface area contributed by atoms with E-state index in [2.05, 4.69) is 21.2 Å². The number of primary amides is 1. The van der Waals surface area contributed by atoms with Crippen molar-refractivity contribution < 1.29 is 9.90 Å². The van der Waals surface area contributed by atoms with Gasteiger partial charge in [-0.25, -0.2) is 0 Å². The van der Waals surface area contributed by atoms with Crippen LogP contribution in [0.2, 0.25) is 0 Å². The summed E-state index contributed by atoms with van der Waals surface area (Å²) in [6, 6.07) is 5.13. The molecule has 0 fully saturated rings. The van der Waals surface area contributed by atoms with Gasteiger partial charge in [-0.1, -0.05) is 15.9 Å². The molecular weight excluding hydrogens is 272 g/mol. The molecule has 0 aliphatic heterocycles. The summed E-state index contributed by atoms with van der Waals surface area (Å²) in [5.41, 5.74) is 5.14. The van der Waals surface area contributed by atoms with E-state index in [1.54, 1.807) is 32.0 Å². The number of nitrogens with two attached hydrogens (primary N) is 1. The van der Waals surface area contributed by atoms with Crippen LogP contribution in [-0.4, -0.2) is 16.6 Å². The minimum Gasteiger partial charge on any atom is -0.508 e. The highest BCUT2D eigenvalue weighted by Gasteiger charge is 2.23. The lowest BCUT2D eigenvalue weighted by Gasteiger charge is -2.22. The number of hydrogen-bond acceptors (Lipinski definition) is 3. The Hall–Kier alpha value is -1.07. The first kappa shape index (κ1) is 13.0. The predicted octanol–water partition coefficient (Wildman–Crippen LogP) is 1.51. The molecule has 0 spiro atoms. The van der Waals surface area contributed by atoms with E-state index in [4.69, 9.17) is 5.73 Å². The van der Waals surface area contributed by atoms with Gasteiger partial charge in [0.15, 0.2) is 0 Å². The first-order chi connectivity index (χ1) is 7.33. The zero-order valence-electron chi connectivity index (χ0n) is 9.25. The Morgan fingerprint density at radius 1 is 1.56 bits per heavy atom. The minimum atomic E-state index is -0.797. The molecule has 1 aromatic rings. The predicted molar refractivity (Wildman–Crippen MR) is 65.9 cm³/mol. The maximum absolute atomic E-state index is 11.1. The highest BCUT2D eigenvalue weighted by molar-refractivity contribution is 9.10. The average molecular weight is 287 g/mol. The molecule has 5 heteroatoms. The van der Waals surface area contributed by atoms with Crippen LogP contribution in [0.25, 0.3) is 0 Å². The number of halogens is 1. The minimum absolute atomic E-state index is 0.191. The van der Waals surface area contributed by atoms with Gasteiger partial charge in [-0.3, -0.25) is 10.1 Å². The van der Waals surface area contributed by atoms with Crippen molar-refractivity contribution in [1.82, 2.24) is 5.32 Å². The van der Waals surface area contributed by atoms with E-state index in [1.807, 2.05) is 0 Å². The summed E-state index contributed by atoms with van der Waals surface area (Å²) >= 11 is 3.32. The highest BCUT2D eigenvalue weighted by atomic mass is 79.9. The SMILES string of the molecule is CC(C)(NCc1cc(Br)ccc1O)C(N)=O. The van der Waals surface area contributed by atoms with Crippen molar-refractivity contribution in [2.45, 2.75) is 25.9 Å².